The maximum atomic E-state index is 14.5. The lowest BCUT2D eigenvalue weighted by molar-refractivity contribution is -0.387. The van der Waals surface area contributed by atoms with E-state index in [0.29, 0.717) is 44.3 Å². The molecule has 2 aliphatic carbocycles. The highest BCUT2D eigenvalue weighted by Gasteiger charge is 2.61. The molecule has 0 radical (unpaired) electrons. The van der Waals surface area contributed by atoms with Gasteiger partial charge in [0.2, 0.25) is 21.8 Å². The second-order valence-corrected chi connectivity index (χ2v) is 18.5. The highest BCUT2D eigenvalue weighted by atomic mass is 32.2. The average molecular weight is 844 g/mol. The van der Waals surface area contributed by atoms with Gasteiger partial charge >= 0.3 is 6.09 Å². The van der Waals surface area contributed by atoms with Crippen molar-refractivity contribution in [3.8, 4) is 0 Å². The van der Waals surface area contributed by atoms with Crippen LogP contribution in [0.4, 0.5) is 16.2 Å². The minimum atomic E-state index is -4.59. The number of rotatable bonds is 7. The molecule has 2 saturated carbocycles. The Labute approximate surface area is 337 Å². The maximum absolute atomic E-state index is 14.5. The zero-order valence-corrected chi connectivity index (χ0v) is 33.5. The fourth-order valence-corrected chi connectivity index (χ4v) is 10.6. The quantitative estimate of drug-likeness (QED) is 0.153. The van der Waals surface area contributed by atoms with Gasteiger partial charge in [0.25, 0.3) is 21.6 Å². The van der Waals surface area contributed by atoms with E-state index >= 15 is 0 Å². The van der Waals surface area contributed by atoms with Gasteiger partial charge in [0, 0.05) is 31.1 Å². The van der Waals surface area contributed by atoms with Crippen LogP contribution < -0.4 is 25.4 Å². The number of nitro groups is 1. The molecule has 0 aromatic heterocycles. The highest BCUT2D eigenvalue weighted by Crippen LogP contribution is 2.45. The van der Waals surface area contributed by atoms with Crippen LogP contribution in [0.5, 0.6) is 0 Å². The number of fused-ring (bicyclic) bond motifs is 2. The molecular weight excluding hydrogens is 795 g/mol. The van der Waals surface area contributed by atoms with E-state index < -0.39 is 88.9 Å². The molecule has 20 heteroatoms. The van der Waals surface area contributed by atoms with Crippen molar-refractivity contribution in [2.75, 3.05) is 18.4 Å². The van der Waals surface area contributed by atoms with E-state index in [1.54, 1.807) is 12.1 Å². The van der Waals surface area contributed by atoms with Gasteiger partial charge in [-0.05, 0) is 69.6 Å². The number of carbonyl (C=O) groups excluding carboxylic acids is 4. The van der Waals surface area contributed by atoms with Gasteiger partial charge in [-0.2, -0.15) is 0 Å². The number of nitrogens with one attached hydrogen (secondary N) is 5. The first-order valence-electron chi connectivity index (χ1n) is 19.5. The molecule has 5 N–H and O–H groups in total. The normalized spacial score (nSPS) is 27.2. The lowest BCUT2D eigenvalue weighted by Crippen LogP contribution is -2.58. The minimum absolute atomic E-state index is 0.0188. The van der Waals surface area contributed by atoms with Crippen molar-refractivity contribution in [1.82, 2.24) is 25.0 Å². The maximum Gasteiger partial charge on any atom is 0.408 e. The van der Waals surface area contributed by atoms with E-state index in [2.05, 4.69) is 32.0 Å². The molecule has 2 aromatic rings. The summed E-state index contributed by atoms with van der Waals surface area (Å²) in [5.74, 6) is -3.32. The number of hydrogen-bond acceptors (Lipinski definition) is 12. The number of alkyl carbamates (subject to hydrolysis) is 1. The van der Waals surface area contributed by atoms with E-state index in [1.165, 1.54) is 30.3 Å². The second kappa shape index (κ2) is 17.8. The predicted octanol–water partition coefficient (Wildman–Crippen LogP) is 3.21. The number of hydrogen-bond donors (Lipinski definition) is 5. The van der Waals surface area contributed by atoms with Crippen molar-refractivity contribution in [2.24, 2.45) is 5.92 Å². The van der Waals surface area contributed by atoms with Crippen LogP contribution in [0.3, 0.4) is 0 Å². The molecule has 18 nitrogen and oxygen atoms in total. The summed E-state index contributed by atoms with van der Waals surface area (Å²) in [7, 11) is -9.06. The second-order valence-electron chi connectivity index (χ2n) is 15.2. The van der Waals surface area contributed by atoms with Crippen molar-refractivity contribution in [1.29, 1.82) is 0 Å². The molecule has 0 unspecified atom stereocenters. The van der Waals surface area contributed by atoms with Crippen molar-refractivity contribution in [3.05, 3.63) is 71.3 Å². The minimum Gasteiger partial charge on any atom is -0.446 e. The number of carbonyl (C=O) groups is 4. The van der Waals surface area contributed by atoms with Crippen LogP contribution >= 0.6 is 0 Å². The molecule has 4 aliphatic rings. The summed E-state index contributed by atoms with van der Waals surface area (Å²) in [6.45, 7) is 3.80. The fourth-order valence-electron chi connectivity index (χ4n) is 8.00. The molecule has 2 aliphatic heterocycles. The molecule has 1 saturated heterocycles. The molecule has 314 valence electrons. The summed E-state index contributed by atoms with van der Waals surface area (Å²) in [6.07, 6.45) is 6.65. The Hall–Kier alpha value is -5.08. The third kappa shape index (κ3) is 9.61. The zero-order chi connectivity index (χ0) is 41.7. The Balaban J connectivity index is 1.33. The van der Waals surface area contributed by atoms with Crippen LogP contribution in [0.1, 0.15) is 77.0 Å². The number of nitrogens with zero attached hydrogens (tertiary/aromatic N) is 2. The van der Waals surface area contributed by atoms with E-state index in [9.17, 15) is 46.1 Å². The van der Waals surface area contributed by atoms with Gasteiger partial charge in [0.1, 0.15) is 28.6 Å². The van der Waals surface area contributed by atoms with Gasteiger partial charge in [0.15, 0.2) is 4.90 Å². The number of ether oxygens (including phenoxy) is 1. The first-order valence-corrected chi connectivity index (χ1v) is 22.5. The van der Waals surface area contributed by atoms with Gasteiger partial charge < -0.3 is 25.6 Å². The van der Waals surface area contributed by atoms with Gasteiger partial charge in [-0.25, -0.2) is 31.1 Å². The molecule has 3 fully saturated rings. The number of para-hydroxylation sites is 2. The van der Waals surface area contributed by atoms with Crippen LogP contribution in [0.2, 0.25) is 0 Å². The third-order valence-corrected chi connectivity index (χ3v) is 14.1. The smallest absolute Gasteiger partial charge is 0.408 e. The van der Waals surface area contributed by atoms with Crippen LogP contribution in [0.15, 0.2) is 71.0 Å². The molecular formula is C38H49N7O11S2. The Morgan fingerprint density at radius 1 is 0.983 bits per heavy atom. The highest BCUT2D eigenvalue weighted by molar-refractivity contribution is 7.90. The van der Waals surface area contributed by atoms with Crippen LogP contribution in [0.25, 0.3) is 0 Å². The molecule has 4 amide bonds. The summed E-state index contributed by atoms with van der Waals surface area (Å²) in [4.78, 5) is 67.2. The predicted molar refractivity (Wildman–Crippen MR) is 210 cm³/mol. The van der Waals surface area contributed by atoms with Crippen LogP contribution in [-0.4, -0.2) is 93.3 Å². The molecule has 6 rings (SSSR count). The number of nitro benzene ring substituents is 1. The first kappa shape index (κ1) is 42.5. The van der Waals surface area contributed by atoms with Crippen LogP contribution in [0, 0.1) is 16.0 Å². The Morgan fingerprint density at radius 3 is 2.38 bits per heavy atom. The van der Waals surface area contributed by atoms with Crippen molar-refractivity contribution in [3.63, 3.8) is 0 Å². The Kier molecular flexibility index (Phi) is 13.1. The van der Waals surface area contributed by atoms with Gasteiger partial charge in [0.05, 0.1) is 10.6 Å². The van der Waals surface area contributed by atoms with Crippen molar-refractivity contribution < 1.29 is 45.7 Å². The molecule has 1 spiro atoms. The summed E-state index contributed by atoms with van der Waals surface area (Å²) in [5, 5.41) is 20.2. The summed E-state index contributed by atoms with van der Waals surface area (Å²) in [5.41, 5.74) is -2.17. The van der Waals surface area contributed by atoms with E-state index in [-0.39, 0.29) is 36.8 Å². The first-order chi connectivity index (χ1) is 27.6. The topological polar surface area (TPSA) is 252 Å². The third-order valence-electron chi connectivity index (χ3n) is 11.2. The average Bonchev–Trinajstić information content (AvgIpc) is 3.43. The van der Waals surface area contributed by atoms with Crippen LogP contribution in [-0.2, 0) is 39.2 Å². The SMILES string of the molecule is C=C[C@@H]1C[C@@]12NC(=O)[C@@H]1C[C@@H](NS(=O)(=O)c3ccccc3[N+](=O)[O-])CN1C(=O)[C@@H](NC(=O)OC1CCCC1)CCCCCCCNc1ccccc1S(=O)(=O)NC2=O. The Morgan fingerprint density at radius 2 is 1.66 bits per heavy atom. The molecule has 2 aromatic carbocycles. The monoisotopic (exact) mass is 843 g/mol. The Bertz CT molecular complexity index is 2150. The number of sulfonamides is 2. The fraction of sp³-hybridized carbons (Fsp3) is 0.526. The molecule has 5 atom stereocenters. The van der Waals surface area contributed by atoms with E-state index in [1.807, 2.05) is 0 Å². The zero-order valence-electron chi connectivity index (χ0n) is 31.9. The standard InChI is InChI=1S/C38H49N7O11S2/c1-2-25-23-38(25)36(48)43-57(52,53)32-19-11-9-16-28(32)39-21-13-5-3-4-6-17-29(40-37(49)56-27-14-7-8-15-27)35(47)44-24-26(22-31(44)34(46)41-38)42-58(54,55)33-20-12-10-18-30(33)45(50)51/h2,9-12,16,18-20,25-27,29,31,39,42H,1,3-8,13-15,17,21-24H2,(H,40,49)(H,41,46)(H,43,48)/t25-,26-,29+,31+,38-/m1/s1. The number of benzene rings is 2. The molecule has 0 bridgehead atoms. The summed E-state index contributed by atoms with van der Waals surface area (Å²) >= 11 is 0. The lowest BCUT2D eigenvalue weighted by Gasteiger charge is -2.30. The molecule has 2 heterocycles. The van der Waals surface area contributed by atoms with Gasteiger partial charge in [-0.1, -0.05) is 56.0 Å². The number of anilines is 1. The summed E-state index contributed by atoms with van der Waals surface area (Å²) < 4.78 is 64.7. The number of amides is 4. The summed E-state index contributed by atoms with van der Waals surface area (Å²) in [6, 6.07) is 7.10. The van der Waals surface area contributed by atoms with E-state index in [4.69, 9.17) is 4.74 Å². The van der Waals surface area contributed by atoms with Gasteiger partial charge in [-0.15, -0.1) is 6.58 Å². The van der Waals surface area contributed by atoms with Crippen molar-refractivity contribution in [2.45, 2.75) is 117 Å². The van der Waals surface area contributed by atoms with E-state index in [0.717, 1.165) is 42.7 Å². The van der Waals surface area contributed by atoms with Crippen molar-refractivity contribution >= 4 is 55.2 Å². The largest absolute Gasteiger partial charge is 0.446 e. The van der Waals surface area contributed by atoms with Gasteiger partial charge in [-0.3, -0.25) is 24.5 Å². The lowest BCUT2D eigenvalue weighted by atomic mass is 10.0. The molecule has 58 heavy (non-hydrogen) atoms.